The van der Waals surface area contributed by atoms with Crippen molar-refractivity contribution in [2.24, 2.45) is 0 Å². The third-order valence-electron chi connectivity index (χ3n) is 2.84. The number of aliphatic hydroxyl groups is 1. The van der Waals surface area contributed by atoms with E-state index >= 15 is 0 Å². The number of fused-ring (bicyclic) bond motifs is 1. The summed E-state index contributed by atoms with van der Waals surface area (Å²) in [6.07, 6.45) is 1.87. The van der Waals surface area contributed by atoms with Gasteiger partial charge in [-0.25, -0.2) is 4.98 Å². The largest absolute Gasteiger partial charge is 0.390 e. The highest BCUT2D eigenvalue weighted by atomic mass is 35.5. The molecule has 0 fully saturated rings. The first kappa shape index (κ1) is 13.8. The van der Waals surface area contributed by atoms with Gasteiger partial charge in [-0.2, -0.15) is 0 Å². The van der Waals surface area contributed by atoms with Crippen molar-refractivity contribution in [2.45, 2.75) is 16.5 Å². The molecule has 102 valence electrons. The lowest BCUT2D eigenvalue weighted by Crippen LogP contribution is -1.92. The number of aliphatic hydroxyl groups excluding tert-OH is 1. The predicted octanol–water partition coefficient (Wildman–Crippen LogP) is 4.28. The third kappa shape index (κ3) is 2.52. The van der Waals surface area contributed by atoms with Crippen LogP contribution in [-0.4, -0.2) is 14.5 Å². The molecule has 0 atom stereocenters. The summed E-state index contributed by atoms with van der Waals surface area (Å²) < 4.78 is 1.86. The smallest absolute Gasteiger partial charge is 0.138 e. The van der Waals surface area contributed by atoms with E-state index in [0.29, 0.717) is 10.0 Å². The molecule has 0 amide bonds. The Kier molecular flexibility index (Phi) is 3.89. The average Bonchev–Trinajstić information content (AvgIpc) is 2.80. The number of halogens is 2. The van der Waals surface area contributed by atoms with Crippen LogP contribution in [0, 0.1) is 0 Å². The van der Waals surface area contributed by atoms with Crippen LogP contribution >= 0.6 is 35.0 Å². The second kappa shape index (κ2) is 5.66. The van der Waals surface area contributed by atoms with E-state index in [4.69, 9.17) is 23.2 Å². The second-order valence-electron chi connectivity index (χ2n) is 4.13. The summed E-state index contributed by atoms with van der Waals surface area (Å²) in [5.74, 6) is 0. The predicted molar refractivity (Wildman–Crippen MR) is 81.7 cm³/mol. The highest BCUT2D eigenvalue weighted by molar-refractivity contribution is 7.99. The number of aromatic nitrogens is 2. The van der Waals surface area contributed by atoms with E-state index in [1.807, 2.05) is 28.8 Å². The molecule has 6 heteroatoms. The van der Waals surface area contributed by atoms with Crippen LogP contribution in [0.1, 0.15) is 5.69 Å². The lowest BCUT2D eigenvalue weighted by Gasteiger charge is -2.04. The molecule has 0 bridgehead atoms. The molecule has 0 radical (unpaired) electrons. The van der Waals surface area contributed by atoms with Gasteiger partial charge in [0.15, 0.2) is 0 Å². The van der Waals surface area contributed by atoms with Gasteiger partial charge in [-0.3, -0.25) is 0 Å². The van der Waals surface area contributed by atoms with Gasteiger partial charge in [0.2, 0.25) is 0 Å². The zero-order chi connectivity index (χ0) is 14.1. The van der Waals surface area contributed by atoms with E-state index in [1.54, 1.807) is 18.2 Å². The van der Waals surface area contributed by atoms with E-state index < -0.39 is 0 Å². The van der Waals surface area contributed by atoms with Crippen LogP contribution in [0.3, 0.4) is 0 Å². The maximum atomic E-state index is 9.57. The molecule has 2 heterocycles. The number of pyridine rings is 1. The fraction of sp³-hybridized carbons (Fsp3) is 0.0714. The van der Waals surface area contributed by atoms with E-state index in [9.17, 15) is 5.11 Å². The maximum absolute atomic E-state index is 9.57. The van der Waals surface area contributed by atoms with Crippen LogP contribution in [0.25, 0.3) is 5.65 Å². The standard InChI is InChI=1S/C14H10Cl2N2OS/c15-9-4-5-10(16)12(7-9)20-14-11(8-19)18-6-2-1-3-13(18)17-14/h1-7,19H,8H2. The van der Waals surface area contributed by atoms with Gasteiger partial charge in [-0.05, 0) is 30.3 Å². The quantitative estimate of drug-likeness (QED) is 0.781. The number of hydrogen-bond acceptors (Lipinski definition) is 3. The van der Waals surface area contributed by atoms with Gasteiger partial charge >= 0.3 is 0 Å². The summed E-state index contributed by atoms with van der Waals surface area (Å²) in [6.45, 7) is -0.0916. The molecular weight excluding hydrogens is 315 g/mol. The topological polar surface area (TPSA) is 37.5 Å². The van der Waals surface area contributed by atoms with Crippen LogP contribution in [0.15, 0.2) is 52.5 Å². The van der Waals surface area contributed by atoms with Crippen molar-refractivity contribution in [3.8, 4) is 0 Å². The molecule has 1 N–H and O–H groups in total. The summed E-state index contributed by atoms with van der Waals surface area (Å²) in [6, 6.07) is 11.0. The summed E-state index contributed by atoms with van der Waals surface area (Å²) in [7, 11) is 0. The summed E-state index contributed by atoms with van der Waals surface area (Å²) >= 11 is 13.5. The van der Waals surface area contributed by atoms with Crippen molar-refractivity contribution < 1.29 is 5.11 Å². The molecule has 20 heavy (non-hydrogen) atoms. The Labute approximate surface area is 130 Å². The zero-order valence-corrected chi connectivity index (χ0v) is 12.6. The van der Waals surface area contributed by atoms with Gasteiger partial charge in [0, 0.05) is 16.1 Å². The number of hydrogen-bond donors (Lipinski definition) is 1. The van der Waals surface area contributed by atoms with Crippen LogP contribution in [-0.2, 0) is 6.61 Å². The van der Waals surface area contributed by atoms with Crippen LogP contribution in [0.5, 0.6) is 0 Å². The molecule has 0 unspecified atom stereocenters. The molecule has 0 aliphatic heterocycles. The molecule has 0 aliphatic rings. The number of nitrogens with zero attached hydrogens (tertiary/aromatic N) is 2. The van der Waals surface area contributed by atoms with Crippen molar-refractivity contribution in [2.75, 3.05) is 0 Å². The number of imidazole rings is 1. The molecular formula is C14H10Cl2N2OS. The average molecular weight is 325 g/mol. The normalized spacial score (nSPS) is 11.2. The third-order valence-corrected chi connectivity index (χ3v) is 4.60. The lowest BCUT2D eigenvalue weighted by molar-refractivity contribution is 0.272. The molecule has 0 saturated heterocycles. The van der Waals surface area contributed by atoms with Gasteiger partial charge in [0.05, 0.1) is 17.3 Å². The van der Waals surface area contributed by atoms with E-state index in [0.717, 1.165) is 21.3 Å². The van der Waals surface area contributed by atoms with Gasteiger partial charge < -0.3 is 9.51 Å². The number of rotatable bonds is 3. The Morgan fingerprint density at radius 1 is 1.20 bits per heavy atom. The first-order chi connectivity index (χ1) is 9.69. The van der Waals surface area contributed by atoms with Gasteiger partial charge in [0.25, 0.3) is 0 Å². The molecule has 3 nitrogen and oxygen atoms in total. The van der Waals surface area contributed by atoms with Crippen LogP contribution < -0.4 is 0 Å². The maximum Gasteiger partial charge on any atom is 0.138 e. The minimum absolute atomic E-state index is 0.0916. The van der Waals surface area contributed by atoms with Crippen molar-refractivity contribution in [1.29, 1.82) is 0 Å². The fourth-order valence-corrected chi connectivity index (χ4v) is 3.36. The summed E-state index contributed by atoms with van der Waals surface area (Å²) in [5.41, 5.74) is 1.53. The van der Waals surface area contributed by atoms with Gasteiger partial charge in [-0.15, -0.1) is 0 Å². The van der Waals surface area contributed by atoms with Gasteiger partial charge in [-0.1, -0.05) is 41.0 Å². The first-order valence-electron chi connectivity index (χ1n) is 5.89. The molecule has 3 aromatic rings. The van der Waals surface area contributed by atoms with E-state index in [2.05, 4.69) is 4.98 Å². The van der Waals surface area contributed by atoms with Crippen molar-refractivity contribution in [1.82, 2.24) is 9.38 Å². The van der Waals surface area contributed by atoms with E-state index in [1.165, 1.54) is 11.8 Å². The Hall–Kier alpha value is -1.20. The molecule has 0 aliphatic carbocycles. The summed E-state index contributed by atoms with van der Waals surface area (Å²) in [4.78, 5) is 5.33. The zero-order valence-electron chi connectivity index (χ0n) is 10.3. The van der Waals surface area contributed by atoms with Crippen LogP contribution in [0.2, 0.25) is 10.0 Å². The monoisotopic (exact) mass is 324 g/mol. The minimum atomic E-state index is -0.0916. The highest BCUT2D eigenvalue weighted by Gasteiger charge is 2.14. The molecule has 3 rings (SSSR count). The Balaban J connectivity index is 2.08. The molecule has 0 spiro atoms. The molecule has 2 aromatic heterocycles. The SMILES string of the molecule is OCc1c(Sc2cc(Cl)ccc2Cl)nc2ccccn12. The molecule has 0 saturated carbocycles. The van der Waals surface area contributed by atoms with Crippen molar-refractivity contribution in [3.63, 3.8) is 0 Å². The first-order valence-corrected chi connectivity index (χ1v) is 7.46. The Morgan fingerprint density at radius 2 is 2.05 bits per heavy atom. The minimum Gasteiger partial charge on any atom is -0.390 e. The highest BCUT2D eigenvalue weighted by Crippen LogP contribution is 2.36. The summed E-state index contributed by atoms with van der Waals surface area (Å²) in [5, 5.41) is 11.5. The van der Waals surface area contributed by atoms with Crippen LogP contribution in [0.4, 0.5) is 0 Å². The van der Waals surface area contributed by atoms with E-state index in [-0.39, 0.29) is 6.61 Å². The van der Waals surface area contributed by atoms with Crippen molar-refractivity contribution >= 4 is 40.6 Å². The lowest BCUT2D eigenvalue weighted by atomic mass is 10.4. The second-order valence-corrected chi connectivity index (χ2v) is 6.00. The van der Waals surface area contributed by atoms with Gasteiger partial charge in [0.1, 0.15) is 10.7 Å². The molecule has 1 aromatic carbocycles. The fourth-order valence-electron chi connectivity index (χ4n) is 1.91. The number of benzene rings is 1. The van der Waals surface area contributed by atoms with Crippen molar-refractivity contribution in [3.05, 3.63) is 58.3 Å². The Morgan fingerprint density at radius 3 is 2.85 bits per heavy atom. The Bertz CT molecular complexity index is 773.